The summed E-state index contributed by atoms with van der Waals surface area (Å²) in [5.41, 5.74) is 1.97. The van der Waals surface area contributed by atoms with Crippen molar-refractivity contribution in [2.75, 3.05) is 0 Å². The third-order valence-corrected chi connectivity index (χ3v) is 18.6. The first-order valence-corrected chi connectivity index (χ1v) is 21.3. The Morgan fingerprint density at radius 2 is 1.40 bits per heavy atom. The first-order valence-electron chi connectivity index (χ1n) is 14.0. The summed E-state index contributed by atoms with van der Waals surface area (Å²) in [6, 6.07) is 7.39. The van der Waals surface area contributed by atoms with Crippen molar-refractivity contribution in [2.24, 2.45) is 0 Å². The van der Waals surface area contributed by atoms with E-state index in [0.29, 0.717) is 20.7 Å². The van der Waals surface area contributed by atoms with Gasteiger partial charge in [-0.15, -0.1) is 5.10 Å². The summed E-state index contributed by atoms with van der Waals surface area (Å²) in [7, 11) is -4.44. The van der Waals surface area contributed by atoms with Crippen molar-refractivity contribution in [3.63, 3.8) is 0 Å². The van der Waals surface area contributed by atoms with Gasteiger partial charge in [-0.05, 0) is 101 Å². The molecule has 0 unspecified atom stereocenters. The van der Waals surface area contributed by atoms with Gasteiger partial charge in [-0.1, -0.05) is 65.3 Å². The Bertz CT molecular complexity index is 1450. The molecule has 232 valence electrons. The van der Waals surface area contributed by atoms with E-state index in [4.69, 9.17) is 20.5 Å². The van der Waals surface area contributed by atoms with E-state index in [1.165, 1.54) is 6.07 Å². The number of halogens is 5. The Balaban J connectivity index is 2.17. The first-order chi connectivity index (χ1) is 19.0. The average molecular weight is 752 g/mol. The first kappa shape index (κ1) is 34.9. The van der Waals surface area contributed by atoms with Crippen LogP contribution in [0.15, 0.2) is 30.3 Å². The lowest BCUT2D eigenvalue weighted by Crippen LogP contribution is -2.44. The SMILES string of the molecule is CCc1cc(-c2nnn(Cc3cc(C(F)(F)F)ccc3Cl)c2I)c(O[Si](C)(C)C(C)(C)C)cc1O[Si](C)(C)C(C)(C)C. The van der Waals surface area contributed by atoms with Gasteiger partial charge in [0.15, 0.2) is 0 Å². The third-order valence-electron chi connectivity index (χ3n) is 8.51. The highest BCUT2D eigenvalue weighted by Gasteiger charge is 2.42. The van der Waals surface area contributed by atoms with Crippen LogP contribution in [0.4, 0.5) is 13.2 Å². The molecule has 0 atom stereocenters. The lowest BCUT2D eigenvalue weighted by Gasteiger charge is -2.39. The molecule has 0 amide bonds. The van der Waals surface area contributed by atoms with Crippen molar-refractivity contribution < 1.29 is 22.0 Å². The van der Waals surface area contributed by atoms with Crippen LogP contribution in [0.25, 0.3) is 11.3 Å². The van der Waals surface area contributed by atoms with Crippen molar-refractivity contribution in [3.8, 4) is 22.8 Å². The largest absolute Gasteiger partial charge is 0.543 e. The molecule has 3 aromatic rings. The van der Waals surface area contributed by atoms with E-state index in [-0.39, 0.29) is 21.6 Å². The topological polar surface area (TPSA) is 49.2 Å². The molecule has 0 radical (unpaired) electrons. The maximum Gasteiger partial charge on any atom is 0.416 e. The molecular weight excluding hydrogens is 710 g/mol. The molecule has 12 heteroatoms. The third kappa shape index (κ3) is 7.55. The van der Waals surface area contributed by atoms with Gasteiger partial charge in [0.05, 0.1) is 12.1 Å². The number of benzene rings is 2. The van der Waals surface area contributed by atoms with Crippen LogP contribution in [-0.2, 0) is 19.1 Å². The van der Waals surface area contributed by atoms with Gasteiger partial charge < -0.3 is 8.85 Å². The second-order valence-electron chi connectivity index (χ2n) is 13.7. The van der Waals surface area contributed by atoms with E-state index in [0.717, 1.165) is 35.4 Å². The number of hydrogen-bond donors (Lipinski definition) is 0. The maximum absolute atomic E-state index is 13.4. The van der Waals surface area contributed by atoms with E-state index in [9.17, 15) is 13.2 Å². The minimum atomic E-state index is -4.47. The molecule has 0 spiro atoms. The summed E-state index contributed by atoms with van der Waals surface area (Å²) in [5.74, 6) is 1.49. The number of aromatic nitrogens is 3. The second-order valence-corrected chi connectivity index (χ2v) is 24.6. The highest BCUT2D eigenvalue weighted by Crippen LogP contribution is 2.45. The zero-order chi connectivity index (χ0) is 32.1. The molecule has 0 aliphatic rings. The average Bonchev–Trinajstić information content (AvgIpc) is 3.17. The number of nitrogens with zero attached hydrogens (tertiary/aromatic N) is 3. The molecule has 42 heavy (non-hydrogen) atoms. The fraction of sp³-hybridized carbons (Fsp3) is 0.533. The Morgan fingerprint density at radius 3 is 1.90 bits per heavy atom. The normalized spacial score (nSPS) is 13.4. The number of alkyl halides is 3. The Labute approximate surface area is 268 Å². The van der Waals surface area contributed by atoms with Crippen LogP contribution < -0.4 is 8.85 Å². The van der Waals surface area contributed by atoms with E-state index in [1.807, 2.05) is 6.07 Å². The molecule has 0 N–H and O–H groups in total. The van der Waals surface area contributed by atoms with Crippen LogP contribution in [0.2, 0.25) is 41.3 Å². The number of hydrogen-bond acceptors (Lipinski definition) is 4. The molecule has 5 nitrogen and oxygen atoms in total. The number of aryl methyl sites for hydroxylation is 1. The van der Waals surface area contributed by atoms with Gasteiger partial charge in [0.1, 0.15) is 20.9 Å². The molecule has 2 aromatic carbocycles. The minimum absolute atomic E-state index is 0.0138. The predicted molar refractivity (Wildman–Crippen MR) is 179 cm³/mol. The summed E-state index contributed by atoms with van der Waals surface area (Å²) < 4.78 is 56.1. The van der Waals surface area contributed by atoms with Crippen molar-refractivity contribution in [3.05, 3.63) is 55.7 Å². The Hall–Kier alpha value is -1.58. The molecule has 1 heterocycles. The maximum atomic E-state index is 13.4. The molecular formula is C30H42ClF3IN3O2Si2. The van der Waals surface area contributed by atoms with Crippen LogP contribution in [-0.4, -0.2) is 31.6 Å². The summed E-state index contributed by atoms with van der Waals surface area (Å²) >= 11 is 8.44. The summed E-state index contributed by atoms with van der Waals surface area (Å²) in [5, 5.41) is 9.02. The molecule has 3 rings (SSSR count). The monoisotopic (exact) mass is 751 g/mol. The Kier molecular flexibility index (Phi) is 10.0. The van der Waals surface area contributed by atoms with Gasteiger partial charge in [-0.25, -0.2) is 4.68 Å². The fourth-order valence-corrected chi connectivity index (χ4v) is 6.62. The molecule has 0 fully saturated rings. The van der Waals surface area contributed by atoms with E-state index in [1.54, 1.807) is 4.68 Å². The smallest absolute Gasteiger partial charge is 0.416 e. The zero-order valence-electron chi connectivity index (χ0n) is 26.3. The highest BCUT2D eigenvalue weighted by molar-refractivity contribution is 14.1. The second kappa shape index (κ2) is 12.1. The molecule has 0 aliphatic heterocycles. The van der Waals surface area contributed by atoms with E-state index < -0.39 is 28.4 Å². The standard InChI is InChI=1S/C30H42ClF3IN3O2Si2/c1-12-19-16-22(25(40-42(10,11)29(5,6)7)17-24(19)39-41(8,9)28(2,3)4)26-27(35)38(37-36-26)18-20-15-21(30(32,33)34)13-14-23(20)31/h13-17H,12,18H2,1-11H3. The van der Waals surface area contributed by atoms with Crippen molar-refractivity contribution in [1.82, 2.24) is 15.0 Å². The van der Waals surface area contributed by atoms with Gasteiger partial charge in [0, 0.05) is 16.7 Å². The summed E-state index contributed by atoms with van der Waals surface area (Å²) in [4.78, 5) is 0. The van der Waals surface area contributed by atoms with Gasteiger partial charge in [-0.3, -0.25) is 0 Å². The summed E-state index contributed by atoms with van der Waals surface area (Å²) in [6.07, 6.45) is -3.73. The van der Waals surface area contributed by atoms with Crippen molar-refractivity contribution in [2.45, 2.75) is 104 Å². The van der Waals surface area contributed by atoms with Crippen LogP contribution in [0.3, 0.4) is 0 Å². The lowest BCUT2D eigenvalue weighted by molar-refractivity contribution is -0.137. The van der Waals surface area contributed by atoms with Crippen LogP contribution >= 0.6 is 34.2 Å². The molecule has 0 aliphatic carbocycles. The van der Waals surface area contributed by atoms with Gasteiger partial charge >= 0.3 is 6.18 Å². The minimum Gasteiger partial charge on any atom is -0.543 e. The van der Waals surface area contributed by atoms with E-state index >= 15 is 0 Å². The molecule has 0 saturated carbocycles. The van der Waals surface area contributed by atoms with E-state index in [2.05, 4.69) is 114 Å². The van der Waals surface area contributed by atoms with Gasteiger partial charge in [0.25, 0.3) is 8.32 Å². The van der Waals surface area contributed by atoms with Crippen molar-refractivity contribution >= 4 is 50.8 Å². The molecule has 0 bridgehead atoms. The Morgan fingerprint density at radius 1 is 0.857 bits per heavy atom. The fourth-order valence-electron chi connectivity index (χ4n) is 3.70. The molecule has 1 aromatic heterocycles. The quantitative estimate of drug-likeness (QED) is 0.170. The van der Waals surface area contributed by atoms with Crippen LogP contribution in [0.1, 0.15) is 65.2 Å². The number of rotatable bonds is 8. The predicted octanol–water partition coefficient (Wildman–Crippen LogP) is 10.6. The van der Waals surface area contributed by atoms with Crippen molar-refractivity contribution in [1.29, 1.82) is 0 Å². The highest BCUT2D eigenvalue weighted by atomic mass is 127. The van der Waals surface area contributed by atoms with Gasteiger partial charge in [0.2, 0.25) is 8.32 Å². The van der Waals surface area contributed by atoms with Crippen LogP contribution in [0.5, 0.6) is 11.5 Å². The zero-order valence-corrected chi connectivity index (χ0v) is 31.3. The molecule has 0 saturated heterocycles. The van der Waals surface area contributed by atoms with Gasteiger partial charge in [-0.2, -0.15) is 13.2 Å². The summed E-state index contributed by atoms with van der Waals surface area (Å²) in [6.45, 7) is 24.2. The lowest BCUT2D eigenvalue weighted by atomic mass is 10.0. The van der Waals surface area contributed by atoms with Crippen LogP contribution in [0, 0.1) is 3.70 Å².